The Morgan fingerprint density at radius 2 is 0.729 bits per heavy atom. The molecule has 4 heteroatoms. The largest absolute Gasteiger partial charge is 0.310 e. The second kappa shape index (κ2) is 10.6. The summed E-state index contributed by atoms with van der Waals surface area (Å²) in [5.74, 6) is -0.356. The van der Waals surface area contributed by atoms with Crippen LogP contribution in [0.3, 0.4) is 0 Å². The van der Waals surface area contributed by atoms with Gasteiger partial charge >= 0.3 is 0 Å². The van der Waals surface area contributed by atoms with E-state index >= 15 is 0 Å². The number of carbonyl (C=O) groups excluding carboxylic acids is 2. The van der Waals surface area contributed by atoms with E-state index in [2.05, 4.69) is 115 Å². The molecule has 0 aliphatic carbocycles. The van der Waals surface area contributed by atoms with Crippen LogP contribution in [0, 0.1) is 0 Å². The number of fused-ring (bicyclic) bond motifs is 4. The number of amides is 2. The van der Waals surface area contributed by atoms with Crippen molar-refractivity contribution in [3.8, 4) is 22.3 Å². The van der Waals surface area contributed by atoms with Crippen molar-refractivity contribution in [3.63, 3.8) is 0 Å². The highest BCUT2D eigenvalue weighted by Crippen LogP contribution is 2.48. The standard InChI is InChI=1S/C44H30N2O2/c1-45-41(39-40(44(45)48)42(46(2)43(39)47)38-23-11-17-29-14-5-8-20-35(29)38)32-25-30(36-21-9-15-27-12-3-6-18-33(27)36)24-31(26-32)37-22-10-16-28-13-4-7-19-34(28)37/h3-26H,1-2H3. The summed E-state index contributed by atoms with van der Waals surface area (Å²) in [6.45, 7) is 0. The first kappa shape index (κ1) is 28.0. The molecule has 0 saturated heterocycles. The summed E-state index contributed by atoms with van der Waals surface area (Å²) in [7, 11) is 3.56. The lowest BCUT2D eigenvalue weighted by Crippen LogP contribution is -2.25. The normalized spacial score (nSPS) is 14.7. The second-order valence-corrected chi connectivity index (χ2v) is 12.6. The van der Waals surface area contributed by atoms with Crippen LogP contribution >= 0.6 is 0 Å². The van der Waals surface area contributed by atoms with Gasteiger partial charge in [-0.2, -0.15) is 0 Å². The fourth-order valence-corrected chi connectivity index (χ4v) is 7.64. The van der Waals surface area contributed by atoms with Crippen LogP contribution in [-0.4, -0.2) is 35.7 Å². The molecule has 0 aromatic heterocycles. The fraction of sp³-hybridized carbons (Fsp3) is 0.0455. The maximum atomic E-state index is 14.3. The van der Waals surface area contributed by atoms with E-state index in [0.29, 0.717) is 22.5 Å². The Bertz CT molecular complexity index is 2480. The van der Waals surface area contributed by atoms with Gasteiger partial charge in [0.05, 0.1) is 22.5 Å². The molecule has 2 heterocycles. The number of likely N-dealkylation sites (N-methyl/N-ethyl adjacent to an activating group) is 2. The monoisotopic (exact) mass is 618 g/mol. The fourth-order valence-electron chi connectivity index (χ4n) is 7.64. The number of nitrogens with zero attached hydrogens (tertiary/aromatic N) is 2. The highest BCUT2D eigenvalue weighted by molar-refractivity contribution is 6.31. The van der Waals surface area contributed by atoms with Crippen LogP contribution in [-0.2, 0) is 9.59 Å². The van der Waals surface area contributed by atoms with Gasteiger partial charge in [0.2, 0.25) is 0 Å². The van der Waals surface area contributed by atoms with Gasteiger partial charge in [-0.15, -0.1) is 0 Å². The number of hydrogen-bond donors (Lipinski definition) is 0. The average Bonchev–Trinajstić information content (AvgIpc) is 3.54. The lowest BCUT2D eigenvalue weighted by molar-refractivity contribution is -0.123. The summed E-state index contributed by atoms with van der Waals surface area (Å²) in [5, 5.41) is 6.65. The summed E-state index contributed by atoms with van der Waals surface area (Å²) in [4.78, 5) is 31.9. The van der Waals surface area contributed by atoms with Gasteiger partial charge in [0, 0.05) is 25.2 Å². The third-order valence-electron chi connectivity index (χ3n) is 9.88. The van der Waals surface area contributed by atoms with E-state index < -0.39 is 0 Å². The molecule has 0 spiro atoms. The minimum atomic E-state index is -0.178. The Morgan fingerprint density at radius 3 is 1.23 bits per heavy atom. The average molecular weight is 619 g/mol. The Hall–Kier alpha value is -6.26. The van der Waals surface area contributed by atoms with Crippen molar-refractivity contribution < 1.29 is 9.59 Å². The van der Waals surface area contributed by atoms with E-state index in [1.54, 1.807) is 23.9 Å². The van der Waals surface area contributed by atoms with Gasteiger partial charge in [-0.25, -0.2) is 0 Å². The molecule has 2 aliphatic rings. The Kier molecular flexibility index (Phi) is 6.21. The molecule has 2 aliphatic heterocycles. The van der Waals surface area contributed by atoms with Gasteiger partial charge in [0.25, 0.3) is 11.8 Å². The summed E-state index contributed by atoms with van der Waals surface area (Å²) in [6.07, 6.45) is 0. The summed E-state index contributed by atoms with van der Waals surface area (Å²) in [6, 6.07) is 50.1. The lowest BCUT2D eigenvalue weighted by atomic mass is 9.90. The molecular formula is C44H30N2O2. The molecule has 7 aromatic carbocycles. The van der Waals surface area contributed by atoms with Gasteiger partial charge in [0.15, 0.2) is 0 Å². The number of hydrogen-bond acceptors (Lipinski definition) is 2. The minimum Gasteiger partial charge on any atom is -0.310 e. The molecule has 7 aromatic rings. The van der Waals surface area contributed by atoms with Crippen LogP contribution in [0.5, 0.6) is 0 Å². The molecule has 0 saturated carbocycles. The molecule has 0 bridgehead atoms. The Morgan fingerprint density at radius 1 is 0.375 bits per heavy atom. The summed E-state index contributed by atoms with van der Waals surface area (Å²) >= 11 is 0. The van der Waals surface area contributed by atoms with Crippen molar-refractivity contribution in [1.82, 2.24) is 9.80 Å². The van der Waals surface area contributed by atoms with E-state index in [4.69, 9.17) is 0 Å². The van der Waals surface area contributed by atoms with Crippen LogP contribution in [0.2, 0.25) is 0 Å². The molecule has 0 unspecified atom stereocenters. The molecule has 4 nitrogen and oxygen atoms in total. The number of benzene rings is 7. The van der Waals surface area contributed by atoms with Gasteiger partial charge in [-0.3, -0.25) is 9.59 Å². The topological polar surface area (TPSA) is 40.6 Å². The van der Waals surface area contributed by atoms with Crippen molar-refractivity contribution in [2.45, 2.75) is 0 Å². The smallest absolute Gasteiger partial charge is 0.261 e. The van der Waals surface area contributed by atoms with Gasteiger partial charge in [0.1, 0.15) is 0 Å². The summed E-state index contributed by atoms with van der Waals surface area (Å²) in [5.41, 5.74) is 8.11. The Labute approximate surface area is 278 Å². The molecule has 0 N–H and O–H groups in total. The molecular weight excluding hydrogens is 588 g/mol. The number of rotatable bonds is 4. The Balaban J connectivity index is 1.34. The molecule has 0 radical (unpaired) electrons. The van der Waals surface area contributed by atoms with Gasteiger partial charge < -0.3 is 9.80 Å². The highest BCUT2D eigenvalue weighted by Gasteiger charge is 2.47. The van der Waals surface area contributed by atoms with E-state index in [1.165, 1.54) is 0 Å². The first-order valence-corrected chi connectivity index (χ1v) is 16.1. The zero-order chi connectivity index (χ0) is 32.5. The van der Waals surface area contributed by atoms with Gasteiger partial charge in [-0.1, -0.05) is 127 Å². The molecule has 0 fully saturated rings. The predicted molar refractivity (Wildman–Crippen MR) is 196 cm³/mol. The zero-order valence-electron chi connectivity index (χ0n) is 26.6. The van der Waals surface area contributed by atoms with Crippen molar-refractivity contribution in [2.24, 2.45) is 0 Å². The van der Waals surface area contributed by atoms with Crippen LogP contribution in [0.1, 0.15) is 11.1 Å². The SMILES string of the molecule is CN1C(=O)C2=C(c3cccc4ccccc34)N(C)C(=O)C2=C1c1cc(-c2cccc3ccccc23)cc(-c2cccc3ccccc23)c1. The molecule has 0 atom stereocenters. The quantitative estimate of drug-likeness (QED) is 0.197. The maximum Gasteiger partial charge on any atom is 0.261 e. The minimum absolute atomic E-state index is 0.178. The third kappa shape index (κ3) is 4.09. The first-order chi connectivity index (χ1) is 23.5. The molecule has 48 heavy (non-hydrogen) atoms. The van der Waals surface area contributed by atoms with Crippen molar-refractivity contribution >= 4 is 55.5 Å². The van der Waals surface area contributed by atoms with Crippen molar-refractivity contribution in [3.05, 3.63) is 168 Å². The van der Waals surface area contributed by atoms with E-state index in [1.807, 2.05) is 30.3 Å². The highest BCUT2D eigenvalue weighted by atomic mass is 16.2. The van der Waals surface area contributed by atoms with Crippen LogP contribution < -0.4 is 0 Å². The van der Waals surface area contributed by atoms with Crippen molar-refractivity contribution in [1.29, 1.82) is 0 Å². The number of carbonyl (C=O) groups is 2. The predicted octanol–water partition coefficient (Wildman–Crippen LogP) is 9.55. The van der Waals surface area contributed by atoms with Crippen molar-refractivity contribution in [2.75, 3.05) is 14.1 Å². The zero-order valence-corrected chi connectivity index (χ0v) is 26.6. The van der Waals surface area contributed by atoms with Gasteiger partial charge in [-0.05, 0) is 72.8 Å². The molecule has 2 amide bonds. The molecule has 9 rings (SSSR count). The summed E-state index contributed by atoms with van der Waals surface area (Å²) < 4.78 is 0. The lowest BCUT2D eigenvalue weighted by Gasteiger charge is -2.22. The third-order valence-corrected chi connectivity index (χ3v) is 9.88. The van der Waals surface area contributed by atoms with E-state index in [0.717, 1.165) is 65.7 Å². The van der Waals surface area contributed by atoms with Crippen LogP contribution in [0.15, 0.2) is 157 Å². The second-order valence-electron chi connectivity index (χ2n) is 12.6. The van der Waals surface area contributed by atoms with Crippen LogP contribution in [0.4, 0.5) is 0 Å². The van der Waals surface area contributed by atoms with E-state index in [9.17, 15) is 9.59 Å². The first-order valence-electron chi connectivity index (χ1n) is 16.1. The van der Waals surface area contributed by atoms with Crippen LogP contribution in [0.25, 0.3) is 66.0 Å². The van der Waals surface area contributed by atoms with E-state index in [-0.39, 0.29) is 11.8 Å². The maximum absolute atomic E-state index is 14.3. The molecule has 228 valence electrons.